The van der Waals surface area contributed by atoms with Gasteiger partial charge in [0.05, 0.1) is 16.6 Å². The van der Waals surface area contributed by atoms with Crippen LogP contribution in [0.15, 0.2) is 60.7 Å². The number of aromatic nitrogens is 1. The van der Waals surface area contributed by atoms with Gasteiger partial charge in [-0.05, 0) is 42.7 Å². The number of imide groups is 1. The number of hydrogen-bond acceptors (Lipinski definition) is 5. The summed E-state index contributed by atoms with van der Waals surface area (Å²) >= 11 is 0. The maximum atomic E-state index is 13.6. The van der Waals surface area contributed by atoms with Crippen LogP contribution in [0.5, 0.6) is 0 Å². The fraction of sp³-hybridized carbons (Fsp3) is 0.333. The van der Waals surface area contributed by atoms with E-state index in [-0.39, 0.29) is 23.6 Å². The molecule has 0 aliphatic carbocycles. The number of hydrogen-bond donors (Lipinski definition) is 0. The molecule has 2 aromatic carbocycles. The Kier molecular flexibility index (Phi) is 5.77. The highest BCUT2D eigenvalue weighted by atomic mass is 16.2. The Hall–Kier alpha value is -3.74. The fourth-order valence-electron chi connectivity index (χ4n) is 4.85. The molecule has 7 heteroatoms. The number of benzene rings is 2. The molecule has 3 aromatic rings. The van der Waals surface area contributed by atoms with E-state index in [0.717, 1.165) is 16.7 Å². The smallest absolute Gasteiger partial charge is 0.262 e. The number of nitrogens with zero attached hydrogens (tertiary/aromatic N) is 4. The Balaban J connectivity index is 1.32. The molecule has 34 heavy (non-hydrogen) atoms. The Morgan fingerprint density at radius 1 is 0.853 bits per heavy atom. The van der Waals surface area contributed by atoms with Gasteiger partial charge in [-0.1, -0.05) is 44.2 Å². The van der Waals surface area contributed by atoms with Crippen molar-refractivity contribution in [3.05, 3.63) is 71.8 Å². The van der Waals surface area contributed by atoms with Gasteiger partial charge in [0.2, 0.25) is 5.91 Å². The zero-order valence-corrected chi connectivity index (χ0v) is 19.5. The van der Waals surface area contributed by atoms with Crippen LogP contribution in [0.3, 0.4) is 0 Å². The molecule has 3 heterocycles. The Bertz CT molecular complexity index is 1230. The summed E-state index contributed by atoms with van der Waals surface area (Å²) in [6, 6.07) is 18.1. The van der Waals surface area contributed by atoms with Crippen molar-refractivity contribution >= 4 is 34.4 Å². The van der Waals surface area contributed by atoms with E-state index in [1.165, 1.54) is 4.90 Å². The molecule has 0 N–H and O–H groups in total. The molecule has 1 aromatic heterocycles. The monoisotopic (exact) mass is 456 g/mol. The maximum Gasteiger partial charge on any atom is 0.262 e. The molecule has 1 saturated heterocycles. The lowest BCUT2D eigenvalue weighted by Crippen LogP contribution is -2.56. The number of para-hydroxylation sites is 1. The third kappa shape index (κ3) is 3.91. The van der Waals surface area contributed by atoms with Crippen molar-refractivity contribution in [1.82, 2.24) is 14.8 Å². The van der Waals surface area contributed by atoms with Crippen molar-refractivity contribution in [2.24, 2.45) is 5.92 Å². The van der Waals surface area contributed by atoms with Crippen LogP contribution in [0.1, 0.15) is 41.0 Å². The summed E-state index contributed by atoms with van der Waals surface area (Å²) < 4.78 is 0. The van der Waals surface area contributed by atoms with Gasteiger partial charge in [0.1, 0.15) is 11.9 Å². The van der Waals surface area contributed by atoms with Crippen molar-refractivity contribution in [2.45, 2.75) is 26.3 Å². The first-order valence-electron chi connectivity index (χ1n) is 11.8. The molecule has 0 radical (unpaired) electrons. The van der Waals surface area contributed by atoms with Gasteiger partial charge in [-0.3, -0.25) is 19.3 Å². The van der Waals surface area contributed by atoms with Crippen LogP contribution in [-0.4, -0.2) is 64.7 Å². The van der Waals surface area contributed by atoms with Crippen LogP contribution in [-0.2, 0) is 4.79 Å². The minimum Gasteiger partial charge on any atom is -0.353 e. The van der Waals surface area contributed by atoms with E-state index in [1.54, 1.807) is 29.2 Å². The van der Waals surface area contributed by atoms with Crippen LogP contribution in [0.4, 0.5) is 5.82 Å². The second-order valence-corrected chi connectivity index (χ2v) is 9.35. The second kappa shape index (κ2) is 8.89. The van der Waals surface area contributed by atoms with Gasteiger partial charge in [0.15, 0.2) is 0 Å². The van der Waals surface area contributed by atoms with E-state index in [2.05, 4.69) is 11.0 Å². The third-order valence-electron chi connectivity index (χ3n) is 6.62. The highest BCUT2D eigenvalue weighted by Gasteiger charge is 2.44. The molecule has 2 aliphatic rings. The fourth-order valence-corrected chi connectivity index (χ4v) is 4.85. The van der Waals surface area contributed by atoms with Crippen LogP contribution >= 0.6 is 0 Å². The molecule has 0 spiro atoms. The first kappa shape index (κ1) is 22.1. The summed E-state index contributed by atoms with van der Waals surface area (Å²) in [5.41, 5.74) is 1.70. The summed E-state index contributed by atoms with van der Waals surface area (Å²) in [5, 5.41) is 1.09. The molecule has 7 nitrogen and oxygen atoms in total. The van der Waals surface area contributed by atoms with E-state index in [4.69, 9.17) is 4.98 Å². The van der Waals surface area contributed by atoms with Crippen molar-refractivity contribution in [1.29, 1.82) is 0 Å². The number of rotatable bonds is 5. The van der Waals surface area contributed by atoms with E-state index in [1.807, 2.05) is 44.2 Å². The Labute approximate surface area is 199 Å². The number of anilines is 1. The lowest BCUT2D eigenvalue weighted by Gasteiger charge is -2.38. The predicted molar refractivity (Wildman–Crippen MR) is 131 cm³/mol. The van der Waals surface area contributed by atoms with Crippen LogP contribution in [0.25, 0.3) is 10.9 Å². The van der Waals surface area contributed by atoms with Gasteiger partial charge >= 0.3 is 0 Å². The highest BCUT2D eigenvalue weighted by molar-refractivity contribution is 6.22. The van der Waals surface area contributed by atoms with Gasteiger partial charge in [0, 0.05) is 31.6 Å². The summed E-state index contributed by atoms with van der Waals surface area (Å²) in [7, 11) is 0. The molecule has 1 unspecified atom stereocenters. The van der Waals surface area contributed by atoms with Crippen LogP contribution in [0.2, 0.25) is 0 Å². The van der Waals surface area contributed by atoms with Gasteiger partial charge in [-0.2, -0.15) is 0 Å². The average molecular weight is 457 g/mol. The van der Waals surface area contributed by atoms with Crippen molar-refractivity contribution in [2.75, 3.05) is 31.1 Å². The molecule has 3 amide bonds. The second-order valence-electron chi connectivity index (χ2n) is 9.35. The minimum absolute atomic E-state index is 0.154. The average Bonchev–Trinajstić information content (AvgIpc) is 3.11. The molecule has 1 atom stereocenters. The SMILES string of the molecule is CC(C)CC(C(=O)N1CCN(c2ccc3ccccc3n2)CC1)N1C(=O)c2ccccc2C1=O. The van der Waals surface area contributed by atoms with Crippen molar-refractivity contribution in [3.63, 3.8) is 0 Å². The van der Waals surface area contributed by atoms with E-state index in [9.17, 15) is 14.4 Å². The first-order chi connectivity index (χ1) is 16.4. The minimum atomic E-state index is -0.794. The van der Waals surface area contributed by atoms with Gasteiger partial charge in [-0.25, -0.2) is 4.98 Å². The largest absolute Gasteiger partial charge is 0.353 e. The number of pyridine rings is 1. The normalized spacial score (nSPS) is 17.0. The van der Waals surface area contributed by atoms with E-state index in [0.29, 0.717) is 43.7 Å². The van der Waals surface area contributed by atoms with E-state index >= 15 is 0 Å². The molecular weight excluding hydrogens is 428 g/mol. The van der Waals surface area contributed by atoms with E-state index < -0.39 is 6.04 Å². The summed E-state index contributed by atoms with van der Waals surface area (Å²) in [4.78, 5) is 49.7. The summed E-state index contributed by atoms with van der Waals surface area (Å²) in [6.07, 6.45) is 0.441. The molecular formula is C27H28N4O3. The van der Waals surface area contributed by atoms with Crippen LogP contribution < -0.4 is 4.90 Å². The van der Waals surface area contributed by atoms with Crippen molar-refractivity contribution in [3.8, 4) is 0 Å². The zero-order chi connectivity index (χ0) is 23.8. The zero-order valence-electron chi connectivity index (χ0n) is 19.5. The lowest BCUT2D eigenvalue weighted by molar-refractivity contribution is -0.136. The predicted octanol–water partition coefficient (Wildman–Crippen LogP) is 3.59. The van der Waals surface area contributed by atoms with Crippen LogP contribution in [0, 0.1) is 5.92 Å². The molecule has 0 bridgehead atoms. The summed E-state index contributed by atoms with van der Waals surface area (Å²) in [6.45, 7) is 6.33. The molecule has 174 valence electrons. The number of piperazine rings is 1. The first-order valence-corrected chi connectivity index (χ1v) is 11.8. The van der Waals surface area contributed by atoms with Gasteiger partial charge in [0.25, 0.3) is 11.8 Å². The quantitative estimate of drug-likeness (QED) is 0.549. The Morgan fingerprint density at radius 2 is 1.47 bits per heavy atom. The lowest BCUT2D eigenvalue weighted by atomic mass is 10.0. The maximum absolute atomic E-state index is 13.6. The van der Waals surface area contributed by atoms with Gasteiger partial charge < -0.3 is 9.80 Å². The number of carbonyl (C=O) groups is 3. The molecule has 0 saturated carbocycles. The topological polar surface area (TPSA) is 73.8 Å². The molecule has 5 rings (SSSR count). The number of amides is 3. The Morgan fingerprint density at radius 3 is 2.12 bits per heavy atom. The van der Waals surface area contributed by atoms with Gasteiger partial charge in [-0.15, -0.1) is 0 Å². The molecule has 1 fully saturated rings. The molecule has 2 aliphatic heterocycles. The third-order valence-corrected chi connectivity index (χ3v) is 6.62. The standard InChI is InChI=1S/C27H28N4O3/c1-18(2)17-23(31-25(32)20-8-4-5-9-21(20)26(31)33)27(34)30-15-13-29(14-16-30)24-12-11-19-7-3-6-10-22(19)28-24/h3-12,18,23H,13-17H2,1-2H3. The number of carbonyl (C=O) groups excluding carboxylic acids is 3. The highest BCUT2D eigenvalue weighted by Crippen LogP contribution is 2.28. The van der Waals surface area contributed by atoms with Crippen molar-refractivity contribution < 1.29 is 14.4 Å². The number of fused-ring (bicyclic) bond motifs is 2. The summed E-state index contributed by atoms with van der Waals surface area (Å²) in [5.74, 6) is 0.137.